The highest BCUT2D eigenvalue weighted by atomic mass is 16.6. The minimum absolute atomic E-state index is 0.0786. The number of hydrogen-bond donors (Lipinski definition) is 0. The first kappa shape index (κ1) is 32.3. The molecule has 3 aromatic rings. The molecule has 0 N–H and O–H groups in total. The summed E-state index contributed by atoms with van der Waals surface area (Å²) in [5.41, 5.74) is 1.88. The number of likely N-dealkylation sites (tertiary alicyclic amines) is 1. The second-order valence-corrected chi connectivity index (χ2v) is 13.0. The molecule has 228 valence electrons. The van der Waals surface area contributed by atoms with Crippen LogP contribution in [0.1, 0.15) is 93.5 Å². The second-order valence-electron chi connectivity index (χ2n) is 13.0. The molecule has 0 aliphatic carbocycles. The number of nitrogens with zero attached hydrogens (tertiary/aromatic N) is 1. The number of rotatable bonds is 11. The maximum Gasteiger partial charge on any atom is 0.323 e. The summed E-state index contributed by atoms with van der Waals surface area (Å²) in [4.78, 5) is 40.2. The molecule has 43 heavy (non-hydrogen) atoms. The Hall–Kier alpha value is -3.61. The molecular weight excluding hydrogens is 538 g/mol. The van der Waals surface area contributed by atoms with E-state index >= 15 is 0 Å². The van der Waals surface area contributed by atoms with Crippen molar-refractivity contribution in [2.75, 3.05) is 19.6 Å². The van der Waals surface area contributed by atoms with Gasteiger partial charge in [0.25, 0.3) is 0 Å². The largest absolute Gasteiger partial charge is 0.392 e. The quantitative estimate of drug-likeness (QED) is 0.134. The van der Waals surface area contributed by atoms with E-state index < -0.39 is 22.8 Å². The van der Waals surface area contributed by atoms with Gasteiger partial charge in [0.15, 0.2) is 5.78 Å². The van der Waals surface area contributed by atoms with Crippen molar-refractivity contribution in [2.45, 2.75) is 77.9 Å². The van der Waals surface area contributed by atoms with Crippen LogP contribution in [0, 0.1) is 5.41 Å². The van der Waals surface area contributed by atoms with Gasteiger partial charge in [0.1, 0.15) is 6.10 Å². The molecule has 0 atom stereocenters. The third-order valence-corrected chi connectivity index (χ3v) is 8.18. The topological polar surface area (TPSA) is 72.9 Å². The Labute approximate surface area is 256 Å². The van der Waals surface area contributed by atoms with Gasteiger partial charge in [-0.2, -0.15) is 0 Å². The molecule has 0 radical (unpaired) electrons. The van der Waals surface area contributed by atoms with E-state index in [1.807, 2.05) is 12.1 Å². The maximum absolute atomic E-state index is 12.9. The van der Waals surface area contributed by atoms with Crippen LogP contribution < -0.4 is 0 Å². The summed E-state index contributed by atoms with van der Waals surface area (Å²) in [5.74, 6) is -1.07. The molecule has 3 aromatic carbocycles. The van der Waals surface area contributed by atoms with Crippen molar-refractivity contribution >= 4 is 17.7 Å². The fraction of sp³-hybridized carbons (Fsp3) is 0.432. The molecule has 1 heterocycles. The van der Waals surface area contributed by atoms with Crippen LogP contribution in [0.5, 0.6) is 0 Å². The molecule has 4 rings (SSSR count). The van der Waals surface area contributed by atoms with Crippen molar-refractivity contribution < 1.29 is 23.9 Å². The van der Waals surface area contributed by atoms with Crippen molar-refractivity contribution in [2.24, 2.45) is 5.41 Å². The van der Waals surface area contributed by atoms with Crippen LogP contribution in [0.2, 0.25) is 0 Å². The molecule has 1 saturated heterocycles. The zero-order chi connectivity index (χ0) is 31.0. The van der Waals surface area contributed by atoms with Gasteiger partial charge in [0.05, 0.1) is 16.9 Å². The molecule has 0 unspecified atom stereocenters. The van der Waals surface area contributed by atoms with Gasteiger partial charge in [-0.05, 0) is 77.1 Å². The molecule has 0 spiro atoms. The van der Waals surface area contributed by atoms with E-state index in [-0.39, 0.29) is 18.0 Å². The van der Waals surface area contributed by atoms with Crippen LogP contribution >= 0.6 is 0 Å². The molecule has 1 aliphatic heterocycles. The normalized spacial score (nSPS) is 14.9. The number of ether oxygens (including phenoxy) is 2. The van der Waals surface area contributed by atoms with Gasteiger partial charge < -0.3 is 14.4 Å². The van der Waals surface area contributed by atoms with Gasteiger partial charge in [-0.1, -0.05) is 84.9 Å². The van der Waals surface area contributed by atoms with E-state index in [1.165, 1.54) is 11.1 Å². The van der Waals surface area contributed by atoms with E-state index in [9.17, 15) is 14.4 Å². The number of hydrogen-bond acceptors (Lipinski definition) is 6. The molecule has 0 saturated carbocycles. The minimum atomic E-state index is -1.01. The van der Waals surface area contributed by atoms with Crippen molar-refractivity contribution in [1.82, 2.24) is 4.90 Å². The Morgan fingerprint density at radius 2 is 1.30 bits per heavy atom. The van der Waals surface area contributed by atoms with E-state index in [4.69, 9.17) is 9.47 Å². The second kappa shape index (κ2) is 14.2. The van der Waals surface area contributed by atoms with Crippen molar-refractivity contribution in [1.29, 1.82) is 0 Å². The lowest BCUT2D eigenvalue weighted by Crippen LogP contribution is -2.38. The number of benzene rings is 3. The number of piperidine rings is 1. The average molecular weight is 584 g/mol. The Morgan fingerprint density at radius 1 is 0.767 bits per heavy atom. The summed E-state index contributed by atoms with van der Waals surface area (Å²) in [6.07, 6.45) is 3.29. The SMILES string of the molecule is CC(C)(C)C(=O)OC(=O)C(C)(C)c1ccc(C(=O)CCCN2CCC(OC(c3ccccc3)c3ccccc3)CC2)cc1. The summed E-state index contributed by atoms with van der Waals surface area (Å²) in [7, 11) is 0. The third kappa shape index (κ3) is 8.71. The molecule has 6 nitrogen and oxygen atoms in total. The van der Waals surface area contributed by atoms with E-state index in [2.05, 4.69) is 53.4 Å². The fourth-order valence-corrected chi connectivity index (χ4v) is 5.23. The van der Waals surface area contributed by atoms with Gasteiger partial charge in [-0.15, -0.1) is 0 Å². The maximum atomic E-state index is 12.9. The van der Waals surface area contributed by atoms with Crippen molar-refractivity contribution in [3.05, 3.63) is 107 Å². The minimum Gasteiger partial charge on any atom is -0.392 e. The van der Waals surface area contributed by atoms with Gasteiger partial charge in [-0.3, -0.25) is 14.4 Å². The number of carbonyl (C=O) groups is 3. The first-order valence-corrected chi connectivity index (χ1v) is 15.3. The zero-order valence-corrected chi connectivity index (χ0v) is 26.2. The first-order valence-electron chi connectivity index (χ1n) is 15.3. The highest BCUT2D eigenvalue weighted by molar-refractivity contribution is 5.97. The molecule has 1 aliphatic rings. The lowest BCUT2D eigenvalue weighted by Gasteiger charge is -2.34. The Kier molecular flexibility index (Phi) is 10.7. The smallest absolute Gasteiger partial charge is 0.323 e. The van der Waals surface area contributed by atoms with Crippen LogP contribution in [0.25, 0.3) is 0 Å². The van der Waals surface area contributed by atoms with Crippen LogP contribution in [-0.4, -0.2) is 48.4 Å². The van der Waals surface area contributed by atoms with Crippen LogP contribution in [-0.2, 0) is 24.5 Å². The summed E-state index contributed by atoms with van der Waals surface area (Å²) < 4.78 is 11.8. The van der Waals surface area contributed by atoms with Crippen molar-refractivity contribution in [3.8, 4) is 0 Å². The molecular formula is C37H45NO5. The number of Topliss-reactive ketones (excluding diaryl/α,β-unsaturated/α-hetero) is 1. The molecule has 0 bridgehead atoms. The monoisotopic (exact) mass is 583 g/mol. The van der Waals surface area contributed by atoms with Crippen LogP contribution in [0.3, 0.4) is 0 Å². The summed E-state index contributed by atoms with van der Waals surface area (Å²) in [6.45, 7) is 11.3. The number of ketones is 1. The lowest BCUT2D eigenvalue weighted by molar-refractivity contribution is -0.168. The summed E-state index contributed by atoms with van der Waals surface area (Å²) in [5, 5.41) is 0. The summed E-state index contributed by atoms with van der Waals surface area (Å²) in [6, 6.07) is 27.9. The van der Waals surface area contributed by atoms with Gasteiger partial charge >= 0.3 is 11.9 Å². The van der Waals surface area contributed by atoms with E-state index in [0.717, 1.165) is 38.9 Å². The first-order chi connectivity index (χ1) is 20.4. The van der Waals surface area contributed by atoms with E-state index in [1.54, 1.807) is 58.9 Å². The Balaban J connectivity index is 1.23. The zero-order valence-electron chi connectivity index (χ0n) is 26.2. The standard InChI is InChI=1S/C37H45NO5/c1-36(2,3)34(40)43-35(41)37(4,5)30-20-18-27(19-21-30)32(39)17-12-24-38-25-22-31(23-26-38)42-33(28-13-8-6-9-14-28)29-15-10-7-11-16-29/h6-11,13-16,18-21,31,33H,12,17,22-26H2,1-5H3. The predicted octanol–water partition coefficient (Wildman–Crippen LogP) is 7.31. The average Bonchev–Trinajstić information content (AvgIpc) is 3.01. The fourth-order valence-electron chi connectivity index (χ4n) is 5.23. The number of carbonyl (C=O) groups excluding carboxylic acids is 3. The van der Waals surface area contributed by atoms with Gasteiger partial charge in [-0.25, -0.2) is 0 Å². The van der Waals surface area contributed by atoms with E-state index in [0.29, 0.717) is 17.5 Å². The molecule has 6 heteroatoms. The third-order valence-electron chi connectivity index (χ3n) is 8.18. The number of esters is 2. The molecule has 1 fully saturated rings. The molecule has 0 amide bonds. The van der Waals surface area contributed by atoms with Crippen LogP contribution in [0.4, 0.5) is 0 Å². The Bertz CT molecular complexity index is 1310. The van der Waals surface area contributed by atoms with Gasteiger partial charge in [0, 0.05) is 25.1 Å². The highest BCUT2D eigenvalue weighted by Gasteiger charge is 2.36. The van der Waals surface area contributed by atoms with Crippen LogP contribution in [0.15, 0.2) is 84.9 Å². The van der Waals surface area contributed by atoms with Gasteiger partial charge in [0.2, 0.25) is 0 Å². The lowest BCUT2D eigenvalue weighted by atomic mass is 9.84. The Morgan fingerprint density at radius 3 is 1.81 bits per heavy atom. The summed E-state index contributed by atoms with van der Waals surface area (Å²) >= 11 is 0. The van der Waals surface area contributed by atoms with Crippen molar-refractivity contribution in [3.63, 3.8) is 0 Å². The predicted molar refractivity (Wildman–Crippen MR) is 169 cm³/mol. The highest BCUT2D eigenvalue weighted by Crippen LogP contribution is 2.30. The molecule has 0 aromatic heterocycles.